The predicted octanol–water partition coefficient (Wildman–Crippen LogP) is 2.26. The van der Waals surface area contributed by atoms with Crippen LogP contribution in [0.2, 0.25) is 0 Å². The van der Waals surface area contributed by atoms with Crippen LogP contribution in [0, 0.1) is 11.3 Å². The van der Waals surface area contributed by atoms with Crippen LogP contribution >= 0.6 is 0 Å². The fraction of sp³-hybridized carbons (Fsp3) is 0.333. The molecular weight excluding hydrogens is 240 g/mol. The smallest absolute Gasteiger partial charge is 0.261 e. The maximum absolute atomic E-state index is 11.8. The standard InChI is InChI=1S/C12H11F2N3O/c13-10(14)7-18-5-4-11-16-9-3-1-2-8(6-15)12(9)17-11/h1-3,10H,4-5,7H2,(H,16,17). The average molecular weight is 251 g/mol. The van der Waals surface area contributed by atoms with Gasteiger partial charge in [-0.05, 0) is 12.1 Å². The summed E-state index contributed by atoms with van der Waals surface area (Å²) in [6, 6.07) is 7.31. The number of nitrogens with zero attached hydrogens (tertiary/aromatic N) is 2. The first-order valence-corrected chi connectivity index (χ1v) is 5.44. The van der Waals surface area contributed by atoms with Crippen molar-refractivity contribution in [1.82, 2.24) is 9.97 Å². The third kappa shape index (κ3) is 2.81. The van der Waals surface area contributed by atoms with Crippen molar-refractivity contribution in [1.29, 1.82) is 5.26 Å². The molecule has 0 atom stereocenters. The van der Waals surface area contributed by atoms with Crippen molar-refractivity contribution in [3.8, 4) is 6.07 Å². The van der Waals surface area contributed by atoms with Crippen molar-refractivity contribution in [2.45, 2.75) is 12.8 Å². The molecule has 2 rings (SSSR count). The lowest BCUT2D eigenvalue weighted by Crippen LogP contribution is -2.07. The van der Waals surface area contributed by atoms with E-state index in [2.05, 4.69) is 16.0 Å². The minimum atomic E-state index is -2.45. The highest BCUT2D eigenvalue weighted by Crippen LogP contribution is 2.15. The molecule has 1 aromatic carbocycles. The van der Waals surface area contributed by atoms with Gasteiger partial charge >= 0.3 is 0 Å². The molecule has 6 heteroatoms. The van der Waals surface area contributed by atoms with Gasteiger partial charge in [0.1, 0.15) is 24.0 Å². The van der Waals surface area contributed by atoms with E-state index in [1.165, 1.54) is 0 Å². The van der Waals surface area contributed by atoms with Crippen LogP contribution in [0.25, 0.3) is 11.0 Å². The van der Waals surface area contributed by atoms with Crippen molar-refractivity contribution in [2.24, 2.45) is 0 Å². The number of fused-ring (bicyclic) bond motifs is 1. The number of imidazole rings is 1. The van der Waals surface area contributed by atoms with E-state index in [9.17, 15) is 8.78 Å². The van der Waals surface area contributed by atoms with Crippen LogP contribution in [-0.2, 0) is 11.2 Å². The molecule has 0 aliphatic heterocycles. The number of rotatable bonds is 5. The van der Waals surface area contributed by atoms with Crippen LogP contribution in [0.4, 0.5) is 8.78 Å². The van der Waals surface area contributed by atoms with E-state index in [1.54, 1.807) is 12.1 Å². The maximum Gasteiger partial charge on any atom is 0.261 e. The molecule has 1 heterocycles. The minimum absolute atomic E-state index is 0.173. The molecule has 0 radical (unpaired) electrons. The number of H-pyrrole nitrogens is 1. The summed E-state index contributed by atoms with van der Waals surface area (Å²) in [4.78, 5) is 7.28. The summed E-state index contributed by atoms with van der Waals surface area (Å²) in [5, 5.41) is 8.91. The van der Waals surface area contributed by atoms with E-state index in [0.29, 0.717) is 23.3 Å². The van der Waals surface area contributed by atoms with E-state index in [0.717, 1.165) is 5.52 Å². The number of para-hydroxylation sites is 1. The van der Waals surface area contributed by atoms with Gasteiger partial charge in [-0.1, -0.05) is 6.07 Å². The minimum Gasteiger partial charge on any atom is -0.375 e. The Labute approximate surface area is 102 Å². The summed E-state index contributed by atoms with van der Waals surface area (Å²) in [6.07, 6.45) is -2.04. The van der Waals surface area contributed by atoms with Gasteiger partial charge in [-0.25, -0.2) is 13.8 Å². The van der Waals surface area contributed by atoms with Gasteiger partial charge in [0.15, 0.2) is 0 Å². The fourth-order valence-corrected chi connectivity index (χ4v) is 1.63. The summed E-state index contributed by atoms with van der Waals surface area (Å²) in [6.45, 7) is -0.393. The molecular formula is C12H11F2N3O. The number of alkyl halides is 2. The van der Waals surface area contributed by atoms with Crippen molar-refractivity contribution in [2.75, 3.05) is 13.2 Å². The summed E-state index contributed by atoms with van der Waals surface area (Å²) < 4.78 is 28.5. The van der Waals surface area contributed by atoms with Gasteiger partial charge in [0.2, 0.25) is 0 Å². The molecule has 0 saturated carbocycles. The number of benzene rings is 1. The third-order valence-corrected chi connectivity index (χ3v) is 2.41. The predicted molar refractivity (Wildman–Crippen MR) is 61.3 cm³/mol. The van der Waals surface area contributed by atoms with Crippen molar-refractivity contribution >= 4 is 11.0 Å². The second-order valence-corrected chi connectivity index (χ2v) is 3.71. The summed E-state index contributed by atoms with van der Waals surface area (Å²) in [5.74, 6) is 0.627. The Balaban J connectivity index is 2.04. The average Bonchev–Trinajstić information content (AvgIpc) is 2.76. The van der Waals surface area contributed by atoms with Crippen LogP contribution in [0.5, 0.6) is 0 Å². The number of hydrogen-bond donors (Lipinski definition) is 1. The lowest BCUT2D eigenvalue weighted by Gasteiger charge is -2.00. The molecule has 0 unspecified atom stereocenters. The Morgan fingerprint density at radius 3 is 3.00 bits per heavy atom. The van der Waals surface area contributed by atoms with Gasteiger partial charge in [0.25, 0.3) is 6.43 Å². The van der Waals surface area contributed by atoms with Crippen molar-refractivity contribution in [3.05, 3.63) is 29.6 Å². The normalized spacial score (nSPS) is 11.0. The Morgan fingerprint density at radius 1 is 1.44 bits per heavy atom. The number of aromatic amines is 1. The monoisotopic (exact) mass is 251 g/mol. The van der Waals surface area contributed by atoms with Crippen LogP contribution in [-0.4, -0.2) is 29.6 Å². The van der Waals surface area contributed by atoms with Crippen LogP contribution in [0.1, 0.15) is 11.4 Å². The molecule has 0 bridgehead atoms. The maximum atomic E-state index is 11.8. The highest BCUT2D eigenvalue weighted by Gasteiger charge is 2.07. The zero-order valence-corrected chi connectivity index (χ0v) is 9.49. The van der Waals surface area contributed by atoms with Gasteiger partial charge in [0.05, 0.1) is 17.7 Å². The molecule has 0 fully saturated rings. The van der Waals surface area contributed by atoms with Gasteiger partial charge in [-0.15, -0.1) is 0 Å². The van der Waals surface area contributed by atoms with Gasteiger partial charge in [-0.3, -0.25) is 0 Å². The first kappa shape index (κ1) is 12.5. The molecule has 0 aliphatic rings. The van der Waals surface area contributed by atoms with Crippen LogP contribution < -0.4 is 0 Å². The van der Waals surface area contributed by atoms with E-state index >= 15 is 0 Å². The Kier molecular flexibility index (Phi) is 3.85. The Bertz CT molecular complexity index is 574. The van der Waals surface area contributed by atoms with Crippen molar-refractivity contribution < 1.29 is 13.5 Å². The molecule has 1 N–H and O–H groups in total. The lowest BCUT2D eigenvalue weighted by molar-refractivity contribution is 0.0183. The Morgan fingerprint density at radius 2 is 2.28 bits per heavy atom. The van der Waals surface area contributed by atoms with E-state index in [4.69, 9.17) is 10.00 Å². The van der Waals surface area contributed by atoms with E-state index in [1.807, 2.05) is 6.07 Å². The van der Waals surface area contributed by atoms with Crippen LogP contribution in [0.3, 0.4) is 0 Å². The molecule has 0 saturated heterocycles. The van der Waals surface area contributed by atoms with Crippen LogP contribution in [0.15, 0.2) is 18.2 Å². The molecule has 0 amide bonds. The molecule has 1 aromatic heterocycles. The van der Waals surface area contributed by atoms with Gasteiger partial charge < -0.3 is 9.72 Å². The molecule has 18 heavy (non-hydrogen) atoms. The summed E-state index contributed by atoms with van der Waals surface area (Å²) in [5.41, 5.74) is 1.85. The van der Waals surface area contributed by atoms with Gasteiger partial charge in [0, 0.05) is 6.42 Å². The zero-order valence-electron chi connectivity index (χ0n) is 9.49. The number of hydrogen-bond acceptors (Lipinski definition) is 3. The number of nitrogens with one attached hydrogen (secondary N) is 1. The molecule has 2 aromatic rings. The molecule has 4 nitrogen and oxygen atoms in total. The van der Waals surface area contributed by atoms with E-state index in [-0.39, 0.29) is 6.61 Å². The first-order chi connectivity index (χ1) is 8.70. The first-order valence-electron chi connectivity index (χ1n) is 5.44. The fourth-order valence-electron chi connectivity index (χ4n) is 1.63. The highest BCUT2D eigenvalue weighted by atomic mass is 19.3. The number of ether oxygens (including phenoxy) is 1. The zero-order chi connectivity index (χ0) is 13.0. The van der Waals surface area contributed by atoms with E-state index < -0.39 is 13.0 Å². The second-order valence-electron chi connectivity index (χ2n) is 3.71. The summed E-state index contributed by atoms with van der Waals surface area (Å²) >= 11 is 0. The molecule has 94 valence electrons. The number of aromatic nitrogens is 2. The third-order valence-electron chi connectivity index (χ3n) is 2.41. The molecule has 0 aliphatic carbocycles. The van der Waals surface area contributed by atoms with Crippen molar-refractivity contribution in [3.63, 3.8) is 0 Å². The second kappa shape index (κ2) is 5.56. The number of nitriles is 1. The summed E-state index contributed by atoms with van der Waals surface area (Å²) in [7, 11) is 0. The lowest BCUT2D eigenvalue weighted by atomic mass is 10.2. The quantitative estimate of drug-likeness (QED) is 0.829. The highest BCUT2D eigenvalue weighted by molar-refractivity contribution is 5.81. The van der Waals surface area contributed by atoms with Gasteiger partial charge in [-0.2, -0.15) is 5.26 Å². The SMILES string of the molecule is N#Cc1cccc2[nH]c(CCOCC(F)F)nc12. The number of halogens is 2. The Hall–Kier alpha value is -2.00. The topological polar surface area (TPSA) is 61.7 Å². The largest absolute Gasteiger partial charge is 0.375 e. The molecule has 0 spiro atoms.